The summed E-state index contributed by atoms with van der Waals surface area (Å²) in [7, 11) is 4.70. The Hall–Kier alpha value is -1.36. The number of rotatable bonds is 9. The predicted molar refractivity (Wildman–Crippen MR) is 100.0 cm³/mol. The molecule has 0 aliphatic carbocycles. The van der Waals surface area contributed by atoms with Crippen molar-refractivity contribution in [2.45, 2.75) is 13.0 Å². The maximum atomic E-state index is 12.4. The molecule has 0 aliphatic rings. The van der Waals surface area contributed by atoms with Crippen molar-refractivity contribution in [3.05, 3.63) is 23.8 Å². The number of benzene rings is 1. The number of methoxy groups -OCH3 is 2. The van der Waals surface area contributed by atoms with Crippen LogP contribution in [0.2, 0.25) is 0 Å². The second-order valence-electron chi connectivity index (χ2n) is 4.53. The van der Waals surface area contributed by atoms with Crippen molar-refractivity contribution in [2.24, 2.45) is 4.99 Å². The van der Waals surface area contributed by atoms with Crippen LogP contribution in [-0.4, -0.2) is 53.5 Å². The monoisotopic (exact) mass is 459 g/mol. The predicted octanol–water partition coefficient (Wildman–Crippen LogP) is 2.27. The van der Waals surface area contributed by atoms with Gasteiger partial charge in [0.25, 0.3) is 0 Å². The molecule has 1 rings (SSSR count). The SMILES string of the molecule is CN=C(NCCOC)NCCc1ccc(OC)c(OC(F)F)c1.I. The van der Waals surface area contributed by atoms with Gasteiger partial charge >= 0.3 is 6.61 Å². The van der Waals surface area contributed by atoms with Gasteiger partial charge in [0, 0.05) is 27.2 Å². The van der Waals surface area contributed by atoms with Crippen molar-refractivity contribution in [1.82, 2.24) is 10.6 Å². The third-order valence-electron chi connectivity index (χ3n) is 2.97. The van der Waals surface area contributed by atoms with E-state index >= 15 is 0 Å². The van der Waals surface area contributed by atoms with Crippen LogP contribution in [0.1, 0.15) is 5.56 Å². The molecule has 0 spiro atoms. The van der Waals surface area contributed by atoms with Gasteiger partial charge in [-0.05, 0) is 24.1 Å². The van der Waals surface area contributed by atoms with Crippen molar-refractivity contribution in [3.63, 3.8) is 0 Å². The number of nitrogens with one attached hydrogen (secondary N) is 2. The van der Waals surface area contributed by atoms with Gasteiger partial charge in [0.05, 0.1) is 13.7 Å². The van der Waals surface area contributed by atoms with Crippen LogP contribution in [0.3, 0.4) is 0 Å². The fraction of sp³-hybridized carbons (Fsp3) is 0.533. The van der Waals surface area contributed by atoms with Crippen LogP contribution < -0.4 is 20.1 Å². The van der Waals surface area contributed by atoms with Gasteiger partial charge in [0.2, 0.25) is 0 Å². The first-order valence-electron chi connectivity index (χ1n) is 7.16. The highest BCUT2D eigenvalue weighted by molar-refractivity contribution is 14.0. The van der Waals surface area contributed by atoms with Gasteiger partial charge in [0.15, 0.2) is 17.5 Å². The largest absolute Gasteiger partial charge is 0.493 e. The van der Waals surface area contributed by atoms with Crippen LogP contribution in [0, 0.1) is 0 Å². The lowest BCUT2D eigenvalue weighted by molar-refractivity contribution is -0.0512. The summed E-state index contributed by atoms with van der Waals surface area (Å²) in [6.07, 6.45) is 0.620. The molecule has 0 fully saturated rings. The zero-order chi connectivity index (χ0) is 17.1. The summed E-state index contributed by atoms with van der Waals surface area (Å²) >= 11 is 0. The lowest BCUT2D eigenvalue weighted by atomic mass is 10.1. The van der Waals surface area contributed by atoms with E-state index in [9.17, 15) is 8.78 Å². The lowest BCUT2D eigenvalue weighted by Crippen LogP contribution is -2.39. The van der Waals surface area contributed by atoms with Crippen LogP contribution in [0.5, 0.6) is 11.5 Å². The quantitative estimate of drug-likeness (QED) is 0.257. The average Bonchev–Trinajstić information content (AvgIpc) is 2.53. The molecule has 6 nitrogen and oxygen atoms in total. The van der Waals surface area contributed by atoms with E-state index in [1.165, 1.54) is 7.11 Å². The highest BCUT2D eigenvalue weighted by Gasteiger charge is 2.11. The highest BCUT2D eigenvalue weighted by atomic mass is 127. The first kappa shape index (κ1) is 22.6. The molecule has 138 valence electrons. The first-order chi connectivity index (χ1) is 11.1. The molecule has 0 saturated carbocycles. The lowest BCUT2D eigenvalue weighted by Gasteiger charge is -2.13. The Morgan fingerprint density at radius 1 is 1.17 bits per heavy atom. The Kier molecular flexibility index (Phi) is 12.3. The number of aliphatic imine (C=N–C) groups is 1. The minimum Gasteiger partial charge on any atom is -0.493 e. The number of ether oxygens (including phenoxy) is 3. The van der Waals surface area contributed by atoms with Crippen molar-refractivity contribution >= 4 is 29.9 Å². The van der Waals surface area contributed by atoms with Crippen molar-refractivity contribution in [1.29, 1.82) is 0 Å². The number of alkyl halides is 2. The topological polar surface area (TPSA) is 64.1 Å². The summed E-state index contributed by atoms with van der Waals surface area (Å²) in [5, 5.41) is 6.21. The Morgan fingerprint density at radius 3 is 2.46 bits per heavy atom. The zero-order valence-electron chi connectivity index (χ0n) is 14.0. The first-order valence-corrected chi connectivity index (χ1v) is 7.16. The molecule has 0 aliphatic heterocycles. The fourth-order valence-electron chi connectivity index (χ4n) is 1.88. The van der Waals surface area contributed by atoms with E-state index in [-0.39, 0.29) is 35.5 Å². The molecule has 0 heterocycles. The summed E-state index contributed by atoms with van der Waals surface area (Å²) in [4.78, 5) is 4.07. The molecule has 0 aromatic heterocycles. The smallest absolute Gasteiger partial charge is 0.387 e. The molecule has 0 radical (unpaired) electrons. The Balaban J connectivity index is 0.00000529. The number of nitrogens with zero attached hydrogens (tertiary/aromatic N) is 1. The van der Waals surface area contributed by atoms with E-state index in [1.807, 2.05) is 0 Å². The molecule has 1 aromatic carbocycles. The minimum atomic E-state index is -2.89. The van der Waals surface area contributed by atoms with E-state index in [0.717, 1.165) is 5.56 Å². The maximum Gasteiger partial charge on any atom is 0.387 e. The van der Waals surface area contributed by atoms with E-state index in [2.05, 4.69) is 20.4 Å². The second-order valence-corrected chi connectivity index (χ2v) is 4.53. The maximum absolute atomic E-state index is 12.4. The molecule has 0 saturated heterocycles. The Morgan fingerprint density at radius 2 is 1.88 bits per heavy atom. The van der Waals surface area contributed by atoms with Gasteiger partial charge in [-0.2, -0.15) is 8.78 Å². The molecule has 0 amide bonds. The van der Waals surface area contributed by atoms with E-state index < -0.39 is 6.61 Å². The number of hydrogen-bond acceptors (Lipinski definition) is 4. The summed E-state index contributed by atoms with van der Waals surface area (Å²) in [5.41, 5.74) is 0.848. The Bertz CT molecular complexity index is 505. The Labute approximate surface area is 158 Å². The molecule has 24 heavy (non-hydrogen) atoms. The van der Waals surface area contributed by atoms with Gasteiger partial charge < -0.3 is 24.8 Å². The molecule has 0 bridgehead atoms. The molecule has 9 heteroatoms. The minimum absolute atomic E-state index is 0. The van der Waals surface area contributed by atoms with E-state index in [1.54, 1.807) is 32.4 Å². The van der Waals surface area contributed by atoms with Crippen molar-refractivity contribution in [2.75, 3.05) is 41.0 Å². The fourth-order valence-corrected chi connectivity index (χ4v) is 1.88. The zero-order valence-corrected chi connectivity index (χ0v) is 16.3. The van der Waals surface area contributed by atoms with E-state index in [0.29, 0.717) is 32.1 Å². The van der Waals surface area contributed by atoms with Crippen molar-refractivity contribution < 1.29 is 23.0 Å². The third kappa shape index (κ3) is 8.48. The third-order valence-corrected chi connectivity index (χ3v) is 2.97. The number of hydrogen-bond donors (Lipinski definition) is 2. The normalized spacial score (nSPS) is 11.0. The summed E-state index contributed by atoms with van der Waals surface area (Å²) in [5.74, 6) is 0.960. The van der Waals surface area contributed by atoms with Gasteiger partial charge in [-0.25, -0.2) is 0 Å². The standard InChI is InChI=1S/C15H23F2N3O3.HI/c1-18-15(20-8-9-21-2)19-7-6-11-4-5-12(22-3)13(10-11)23-14(16)17;/h4-5,10,14H,6-9H2,1-3H3,(H2,18,19,20);1H. The molecule has 2 N–H and O–H groups in total. The number of halogens is 3. The summed E-state index contributed by atoms with van der Waals surface area (Å²) in [6, 6.07) is 4.96. The van der Waals surface area contributed by atoms with Gasteiger partial charge in [-0.3, -0.25) is 4.99 Å². The molecule has 0 atom stereocenters. The molecule has 0 unspecified atom stereocenters. The van der Waals surface area contributed by atoms with Gasteiger partial charge in [-0.15, -0.1) is 24.0 Å². The van der Waals surface area contributed by atoms with Crippen LogP contribution in [-0.2, 0) is 11.2 Å². The summed E-state index contributed by atoms with van der Waals surface area (Å²) < 4.78 is 39.2. The number of guanidine groups is 1. The highest BCUT2D eigenvalue weighted by Crippen LogP contribution is 2.29. The van der Waals surface area contributed by atoms with Crippen LogP contribution in [0.15, 0.2) is 23.2 Å². The molecule has 1 aromatic rings. The van der Waals surface area contributed by atoms with E-state index in [4.69, 9.17) is 9.47 Å². The van der Waals surface area contributed by atoms with Crippen LogP contribution >= 0.6 is 24.0 Å². The average molecular weight is 459 g/mol. The molecular weight excluding hydrogens is 435 g/mol. The van der Waals surface area contributed by atoms with Crippen LogP contribution in [0.4, 0.5) is 8.78 Å². The van der Waals surface area contributed by atoms with Crippen molar-refractivity contribution in [3.8, 4) is 11.5 Å². The van der Waals surface area contributed by atoms with Gasteiger partial charge in [0.1, 0.15) is 0 Å². The summed E-state index contributed by atoms with van der Waals surface area (Å²) in [6.45, 7) is -1.08. The van der Waals surface area contributed by atoms with Gasteiger partial charge in [-0.1, -0.05) is 6.07 Å². The van der Waals surface area contributed by atoms with Crippen LogP contribution in [0.25, 0.3) is 0 Å². The second kappa shape index (κ2) is 13.0. The molecular formula is C15H24F2IN3O3.